The maximum atomic E-state index is 14.7. The third-order valence-electron chi connectivity index (χ3n) is 7.13. The van der Waals surface area contributed by atoms with Crippen molar-refractivity contribution in [2.75, 3.05) is 31.6 Å². The molecule has 0 radical (unpaired) electrons. The van der Waals surface area contributed by atoms with Crippen molar-refractivity contribution in [3.05, 3.63) is 46.5 Å². The van der Waals surface area contributed by atoms with Crippen LogP contribution in [0.15, 0.2) is 30.6 Å². The number of alkyl halides is 3. The molecule has 0 spiro atoms. The number of fused-ring (bicyclic) bond motifs is 3. The molecule has 39 heavy (non-hydrogen) atoms. The van der Waals surface area contributed by atoms with Crippen LogP contribution in [0.2, 0.25) is 10.0 Å². The lowest BCUT2D eigenvalue weighted by molar-refractivity contribution is -0.196. The molecule has 4 aliphatic rings. The minimum absolute atomic E-state index is 0.0433. The van der Waals surface area contributed by atoms with Crippen LogP contribution < -0.4 is 14.8 Å². The zero-order valence-corrected chi connectivity index (χ0v) is 21.5. The molecule has 1 amide bonds. The first-order valence-electron chi connectivity index (χ1n) is 12.0. The number of rotatable bonds is 6. The number of anilines is 2. The molecule has 14 heteroatoms. The first kappa shape index (κ1) is 26.1. The summed E-state index contributed by atoms with van der Waals surface area (Å²) in [5.74, 6) is -2.14. The van der Waals surface area contributed by atoms with Gasteiger partial charge in [0.15, 0.2) is 17.3 Å². The lowest BCUT2D eigenvalue weighted by Crippen LogP contribution is -2.63. The van der Waals surface area contributed by atoms with Gasteiger partial charge in [-0.15, -0.1) is 0 Å². The average molecular weight is 587 g/mol. The molecule has 2 aromatic carbocycles. The Morgan fingerprint density at radius 1 is 1.08 bits per heavy atom. The summed E-state index contributed by atoms with van der Waals surface area (Å²) < 4.78 is 71.1. The number of halogens is 6. The summed E-state index contributed by atoms with van der Waals surface area (Å²) in [6, 6.07) is 6.18. The molecule has 3 aliphatic heterocycles. The first-order valence-corrected chi connectivity index (χ1v) is 12.8. The van der Waals surface area contributed by atoms with Crippen molar-refractivity contribution < 1.29 is 36.6 Å². The Morgan fingerprint density at radius 2 is 1.79 bits per heavy atom. The minimum atomic E-state index is -4.92. The van der Waals surface area contributed by atoms with E-state index in [2.05, 4.69) is 15.3 Å². The van der Waals surface area contributed by atoms with E-state index in [4.69, 9.17) is 37.4 Å². The third-order valence-corrected chi connectivity index (χ3v) is 7.91. The van der Waals surface area contributed by atoms with Crippen molar-refractivity contribution in [1.82, 2.24) is 14.9 Å². The normalized spacial score (nSPS) is 22.7. The predicted molar refractivity (Wildman–Crippen MR) is 133 cm³/mol. The molecule has 3 saturated heterocycles. The number of nitrogens with one attached hydrogen (secondary N) is 1. The highest BCUT2D eigenvalue weighted by atomic mass is 35.5. The van der Waals surface area contributed by atoms with E-state index >= 15 is 0 Å². The summed E-state index contributed by atoms with van der Waals surface area (Å²) in [6.45, 7) is 0.695. The van der Waals surface area contributed by atoms with Gasteiger partial charge in [-0.1, -0.05) is 23.2 Å². The van der Waals surface area contributed by atoms with Crippen molar-refractivity contribution in [2.24, 2.45) is 11.8 Å². The Balaban J connectivity index is 1.30. The maximum absolute atomic E-state index is 14.7. The highest BCUT2D eigenvalue weighted by Gasteiger charge is 2.53. The van der Waals surface area contributed by atoms with Crippen molar-refractivity contribution in [3.63, 3.8) is 0 Å². The molecule has 1 aliphatic carbocycles. The molecule has 3 atom stereocenters. The van der Waals surface area contributed by atoms with Crippen molar-refractivity contribution in [3.8, 4) is 11.5 Å². The molecule has 206 valence electrons. The van der Waals surface area contributed by atoms with Crippen LogP contribution in [0, 0.1) is 17.7 Å². The summed E-state index contributed by atoms with van der Waals surface area (Å²) >= 11 is 11.8. The lowest BCUT2D eigenvalue weighted by atomic mass is 9.68. The highest BCUT2D eigenvalue weighted by Crippen LogP contribution is 2.46. The zero-order valence-electron chi connectivity index (χ0n) is 20.0. The highest BCUT2D eigenvalue weighted by molar-refractivity contribution is 6.42. The van der Waals surface area contributed by atoms with Crippen LogP contribution in [0.1, 0.15) is 6.42 Å². The maximum Gasteiger partial charge on any atom is 0.471 e. The second-order valence-corrected chi connectivity index (χ2v) is 10.5. The Morgan fingerprint density at radius 3 is 2.46 bits per heavy atom. The first-order chi connectivity index (χ1) is 18.6. The fraction of sp³-hybridized carbons (Fsp3) is 0.400. The number of ether oxygens (including phenoxy) is 3. The van der Waals surface area contributed by atoms with E-state index in [1.165, 1.54) is 18.5 Å². The van der Waals surface area contributed by atoms with E-state index in [0.717, 1.165) is 4.90 Å². The number of carbonyl (C=O) groups is 1. The summed E-state index contributed by atoms with van der Waals surface area (Å²) in [6.07, 6.45) is -3.57. The van der Waals surface area contributed by atoms with Crippen LogP contribution in [0.3, 0.4) is 0 Å². The Hall–Kier alpha value is -3.09. The lowest BCUT2D eigenvalue weighted by Gasteiger charge is -2.52. The van der Waals surface area contributed by atoms with Gasteiger partial charge in [0, 0.05) is 36.4 Å². The van der Waals surface area contributed by atoms with Gasteiger partial charge in [-0.05, 0) is 24.6 Å². The number of hydrogen-bond acceptors (Lipinski definition) is 7. The summed E-state index contributed by atoms with van der Waals surface area (Å²) in [4.78, 5) is 21.1. The zero-order chi connectivity index (χ0) is 27.5. The number of aromatic nitrogens is 2. The van der Waals surface area contributed by atoms with Gasteiger partial charge in [0.05, 0.1) is 34.5 Å². The van der Waals surface area contributed by atoms with Gasteiger partial charge in [0.2, 0.25) is 0 Å². The molecule has 4 fully saturated rings. The van der Waals surface area contributed by atoms with E-state index in [9.17, 15) is 22.4 Å². The van der Waals surface area contributed by atoms with E-state index in [-0.39, 0.29) is 52.6 Å². The van der Waals surface area contributed by atoms with Crippen LogP contribution >= 0.6 is 23.2 Å². The Kier molecular flexibility index (Phi) is 6.59. The van der Waals surface area contributed by atoms with Crippen molar-refractivity contribution in [1.29, 1.82) is 0 Å². The monoisotopic (exact) mass is 586 g/mol. The largest absolute Gasteiger partial charge is 0.486 e. The molecule has 1 aromatic heterocycles. The van der Waals surface area contributed by atoms with Gasteiger partial charge in [-0.3, -0.25) is 4.79 Å². The summed E-state index contributed by atoms with van der Waals surface area (Å²) in [5, 5.41) is 3.21. The molecule has 7 rings (SSSR count). The van der Waals surface area contributed by atoms with Gasteiger partial charge >= 0.3 is 12.1 Å². The number of benzene rings is 2. The average Bonchev–Trinajstić information content (AvgIpc) is 2.88. The van der Waals surface area contributed by atoms with Gasteiger partial charge in [-0.2, -0.15) is 13.2 Å². The summed E-state index contributed by atoms with van der Waals surface area (Å²) in [5.41, 5.74) is 0.521. The van der Waals surface area contributed by atoms with E-state index < -0.39 is 24.0 Å². The minimum Gasteiger partial charge on any atom is -0.486 e. The van der Waals surface area contributed by atoms with Crippen LogP contribution in [0.4, 0.5) is 29.1 Å². The number of amides is 1. The van der Waals surface area contributed by atoms with E-state index in [0.29, 0.717) is 42.0 Å². The summed E-state index contributed by atoms with van der Waals surface area (Å²) in [7, 11) is 0. The number of hydrogen-bond donors (Lipinski definition) is 1. The van der Waals surface area contributed by atoms with Crippen molar-refractivity contribution in [2.45, 2.75) is 24.8 Å². The molecule has 4 heterocycles. The number of piperidine rings is 2. The van der Waals surface area contributed by atoms with Crippen LogP contribution in [0.5, 0.6) is 11.5 Å². The number of carbonyl (C=O) groups excluding carboxylic acids is 1. The predicted octanol–water partition coefficient (Wildman–Crippen LogP) is 5.38. The van der Waals surface area contributed by atoms with E-state index in [1.54, 1.807) is 12.1 Å². The second-order valence-electron chi connectivity index (χ2n) is 9.71. The fourth-order valence-corrected chi connectivity index (χ4v) is 5.40. The molecular weight excluding hydrogens is 567 g/mol. The molecule has 2 bridgehead atoms. The molecule has 0 unspecified atom stereocenters. The van der Waals surface area contributed by atoms with Gasteiger partial charge in [-0.25, -0.2) is 14.4 Å². The Labute approximate surface area is 229 Å². The second kappa shape index (κ2) is 9.83. The smallest absolute Gasteiger partial charge is 0.471 e. The Bertz CT molecular complexity index is 1440. The SMILES string of the molecule is O=C(N1C[C@H]2C[C@@H](C1)[C@H]2Oc1cc2c(Nc3ccc(Cl)c(Cl)c3F)ncnc2cc1OC1COC1)C(F)(F)F. The molecule has 1 N–H and O–H groups in total. The van der Waals surface area contributed by atoms with Gasteiger partial charge < -0.3 is 24.4 Å². The van der Waals surface area contributed by atoms with Crippen molar-refractivity contribution >= 4 is 51.5 Å². The van der Waals surface area contributed by atoms with Crippen LogP contribution in [-0.2, 0) is 9.53 Å². The number of nitrogens with zero attached hydrogens (tertiary/aromatic N) is 3. The molecule has 3 aromatic rings. The molecular formula is C25H20Cl2F4N4O4. The molecule has 1 saturated carbocycles. The topological polar surface area (TPSA) is 85.8 Å². The van der Waals surface area contributed by atoms with E-state index in [1.807, 2.05) is 0 Å². The van der Waals surface area contributed by atoms with Crippen LogP contribution in [-0.4, -0.2) is 65.5 Å². The standard InChI is InChI=1S/C25H20Cl2F4N4O4/c26-15-1-2-16(21(28)20(15)27)34-23-14-4-18(19(38-13-8-37-9-13)5-17(14)32-10-33-23)39-22-11-3-12(22)7-35(6-11)24(36)25(29,30)31/h1-2,4-5,10-13,22H,3,6-9H2,(H,32,33,34)/t11-,12+,22+. The van der Waals surface area contributed by atoms with Gasteiger partial charge in [0.1, 0.15) is 24.4 Å². The molecule has 8 nitrogen and oxygen atoms in total. The fourth-order valence-electron chi connectivity index (χ4n) is 5.09. The third kappa shape index (κ3) is 4.89. The quantitative estimate of drug-likeness (QED) is 0.306. The van der Waals surface area contributed by atoms with Crippen LogP contribution in [0.25, 0.3) is 10.9 Å². The van der Waals surface area contributed by atoms with Gasteiger partial charge in [0.25, 0.3) is 0 Å².